The summed E-state index contributed by atoms with van der Waals surface area (Å²) in [6.45, 7) is 3.50. The van der Waals surface area contributed by atoms with E-state index in [4.69, 9.17) is 61.8 Å². The zero-order valence-corrected chi connectivity index (χ0v) is 23.7. The summed E-state index contributed by atoms with van der Waals surface area (Å²) in [5.41, 5.74) is 0. The van der Waals surface area contributed by atoms with Gasteiger partial charge in [0.1, 0.15) is 6.10 Å². The highest BCUT2D eigenvalue weighted by molar-refractivity contribution is 8.14. The summed E-state index contributed by atoms with van der Waals surface area (Å²) in [6, 6.07) is -1.36. The molecule has 9 heteroatoms. The van der Waals surface area contributed by atoms with Crippen molar-refractivity contribution < 1.29 is 13.6 Å². The highest BCUT2D eigenvalue weighted by Crippen LogP contribution is 2.54. The van der Waals surface area contributed by atoms with Crippen LogP contribution in [0.2, 0.25) is 0 Å². The fraction of sp³-hybridized carbons (Fsp3) is 0.500. The minimum Gasteiger partial charge on any atom is -0.334 e. The standard InChI is InChI=1S/C24H23O3P3S3/c1-6-19-16-28(3,31)17-20(19)12-8-10-14-23-21(18-29(4,32)25-23)13-9-11-15-24-22(7-2)26-30(5,33)27-24/h1-2,19-24H,16-18H2,3-5H3. The Kier molecular flexibility index (Phi) is 8.81. The summed E-state index contributed by atoms with van der Waals surface area (Å²) in [4.78, 5) is 0. The molecule has 3 saturated heterocycles. The van der Waals surface area contributed by atoms with Gasteiger partial charge in [0.15, 0.2) is 18.7 Å². The molecule has 0 aromatic rings. The third-order valence-electron chi connectivity index (χ3n) is 5.21. The average Bonchev–Trinajstić information content (AvgIpc) is 3.30. The van der Waals surface area contributed by atoms with Gasteiger partial charge in [0.05, 0.1) is 12.2 Å². The Hall–Kier alpha value is -0.810. The monoisotopic (exact) mass is 548 g/mol. The van der Waals surface area contributed by atoms with Crippen LogP contribution in [-0.4, -0.2) is 56.8 Å². The number of rotatable bonds is 0. The molecule has 3 aliphatic heterocycles. The molecular weight excluding hydrogens is 525 g/mol. The highest BCUT2D eigenvalue weighted by atomic mass is 32.5. The zero-order valence-electron chi connectivity index (χ0n) is 18.5. The average molecular weight is 549 g/mol. The highest BCUT2D eigenvalue weighted by Gasteiger charge is 2.37. The number of hydrogen-bond acceptors (Lipinski definition) is 6. The Morgan fingerprint density at radius 3 is 1.82 bits per heavy atom. The number of hydrogen-bond donors (Lipinski definition) is 0. The second kappa shape index (κ2) is 10.8. The Labute approximate surface area is 213 Å². The van der Waals surface area contributed by atoms with E-state index in [0.29, 0.717) is 6.16 Å². The van der Waals surface area contributed by atoms with Crippen LogP contribution >= 0.6 is 18.8 Å². The lowest BCUT2D eigenvalue weighted by Crippen LogP contribution is -2.18. The van der Waals surface area contributed by atoms with Crippen molar-refractivity contribution in [3.63, 3.8) is 0 Å². The molecule has 3 heterocycles. The molecule has 0 radical (unpaired) electrons. The molecule has 9 unspecified atom stereocenters. The molecule has 0 bridgehead atoms. The first-order valence-corrected chi connectivity index (χ1v) is 20.2. The first-order chi connectivity index (χ1) is 15.4. The van der Waals surface area contributed by atoms with Crippen LogP contribution in [0, 0.1) is 89.8 Å². The van der Waals surface area contributed by atoms with Gasteiger partial charge < -0.3 is 13.6 Å². The first kappa shape index (κ1) is 26.8. The lowest BCUT2D eigenvalue weighted by Gasteiger charge is -2.07. The summed E-state index contributed by atoms with van der Waals surface area (Å²) in [5, 5.41) is 0. The van der Waals surface area contributed by atoms with Crippen LogP contribution in [0.1, 0.15) is 0 Å². The molecule has 3 nitrogen and oxygen atoms in total. The fourth-order valence-corrected chi connectivity index (χ4v) is 11.5. The van der Waals surface area contributed by atoms with E-state index < -0.39 is 31.0 Å². The van der Waals surface area contributed by atoms with Gasteiger partial charge in [0, 0.05) is 24.7 Å². The molecule has 3 rings (SSSR count). The van der Waals surface area contributed by atoms with Crippen molar-refractivity contribution >= 4 is 54.2 Å². The van der Waals surface area contributed by atoms with Gasteiger partial charge in [-0.25, -0.2) is 0 Å². The zero-order chi connectivity index (χ0) is 24.3. The van der Waals surface area contributed by atoms with E-state index in [9.17, 15) is 0 Å². The van der Waals surface area contributed by atoms with E-state index in [1.54, 1.807) is 6.66 Å². The number of terminal acetylenes is 2. The van der Waals surface area contributed by atoms with Gasteiger partial charge in [-0.1, -0.05) is 53.2 Å². The van der Waals surface area contributed by atoms with Crippen LogP contribution < -0.4 is 0 Å². The molecule has 0 aromatic heterocycles. The molecule has 0 aromatic carbocycles. The first-order valence-electron chi connectivity index (χ1n) is 10.1. The molecular formula is C24H23O3P3S3. The van der Waals surface area contributed by atoms with Crippen molar-refractivity contribution in [3.05, 3.63) is 0 Å². The van der Waals surface area contributed by atoms with E-state index in [-0.39, 0.29) is 23.9 Å². The third kappa shape index (κ3) is 7.59. The van der Waals surface area contributed by atoms with E-state index >= 15 is 0 Å². The van der Waals surface area contributed by atoms with Crippen LogP contribution in [0.3, 0.4) is 0 Å². The maximum absolute atomic E-state index is 6.01. The minimum absolute atomic E-state index is 0.125. The van der Waals surface area contributed by atoms with Crippen LogP contribution in [0.5, 0.6) is 0 Å². The SMILES string of the molecule is C#CC1CP(C)(=S)CC1C#CC#CC1OP(C)(=S)CC1C#CC#CC1OP(C)(=S)OC1C#C. The van der Waals surface area contributed by atoms with Crippen LogP contribution in [-0.2, 0) is 49.0 Å². The Balaban J connectivity index is 1.69. The Bertz CT molecular complexity index is 1210. The van der Waals surface area contributed by atoms with Gasteiger partial charge in [-0.15, -0.1) is 18.8 Å². The molecule has 0 spiro atoms. The summed E-state index contributed by atoms with van der Waals surface area (Å²) >= 11 is 16.5. The van der Waals surface area contributed by atoms with Gasteiger partial charge in [-0.2, -0.15) is 0 Å². The summed E-state index contributed by atoms with van der Waals surface area (Å²) in [7, 11) is 0. The van der Waals surface area contributed by atoms with Crippen molar-refractivity contribution in [3.8, 4) is 72.1 Å². The molecule has 0 aliphatic carbocycles. The lowest BCUT2D eigenvalue weighted by atomic mass is 9.98. The molecule has 0 N–H and O–H groups in total. The lowest BCUT2D eigenvalue weighted by molar-refractivity contribution is 0.251. The van der Waals surface area contributed by atoms with E-state index in [1.165, 1.54) is 0 Å². The molecule has 3 fully saturated rings. The molecule has 33 heavy (non-hydrogen) atoms. The van der Waals surface area contributed by atoms with Gasteiger partial charge in [0.25, 0.3) is 0 Å². The normalized spacial score (nSPS) is 43.2. The van der Waals surface area contributed by atoms with Crippen molar-refractivity contribution in [1.82, 2.24) is 0 Å². The van der Waals surface area contributed by atoms with Gasteiger partial charge in [0.2, 0.25) is 0 Å². The summed E-state index contributed by atoms with van der Waals surface area (Å²) in [5.74, 6) is 29.4. The van der Waals surface area contributed by atoms with E-state index in [0.717, 1.165) is 12.3 Å². The van der Waals surface area contributed by atoms with Gasteiger partial charge in [-0.05, 0) is 67.2 Å². The van der Waals surface area contributed by atoms with Gasteiger partial charge >= 0.3 is 0 Å². The van der Waals surface area contributed by atoms with Crippen molar-refractivity contribution in [2.75, 3.05) is 38.5 Å². The molecule has 0 saturated carbocycles. The predicted molar refractivity (Wildman–Crippen MR) is 149 cm³/mol. The second-order valence-electron chi connectivity index (χ2n) is 8.44. The maximum atomic E-state index is 6.01. The minimum atomic E-state index is -2.34. The Morgan fingerprint density at radius 2 is 1.18 bits per heavy atom. The topological polar surface area (TPSA) is 27.7 Å². The molecule has 0 amide bonds. The predicted octanol–water partition coefficient (Wildman–Crippen LogP) is 3.38. The summed E-state index contributed by atoms with van der Waals surface area (Å²) < 4.78 is 17.2. The fourth-order valence-electron chi connectivity index (χ4n) is 3.77. The molecule has 9 atom stereocenters. The van der Waals surface area contributed by atoms with E-state index in [1.807, 2.05) is 6.66 Å². The smallest absolute Gasteiger partial charge is 0.188 e. The Morgan fingerprint density at radius 1 is 0.636 bits per heavy atom. The second-order valence-corrected chi connectivity index (χ2v) is 23.3. The van der Waals surface area contributed by atoms with Crippen LogP contribution in [0.15, 0.2) is 0 Å². The van der Waals surface area contributed by atoms with Crippen LogP contribution in [0.4, 0.5) is 0 Å². The van der Waals surface area contributed by atoms with Crippen molar-refractivity contribution in [1.29, 1.82) is 0 Å². The van der Waals surface area contributed by atoms with Crippen molar-refractivity contribution in [2.45, 2.75) is 18.3 Å². The van der Waals surface area contributed by atoms with Crippen molar-refractivity contribution in [2.24, 2.45) is 17.8 Å². The maximum Gasteiger partial charge on any atom is 0.188 e. The van der Waals surface area contributed by atoms with Crippen LogP contribution in [0.25, 0.3) is 0 Å². The summed E-state index contributed by atoms with van der Waals surface area (Å²) in [6.07, 6.45) is 10.2. The molecule has 3 aliphatic rings. The largest absolute Gasteiger partial charge is 0.334 e. The van der Waals surface area contributed by atoms with E-state index in [2.05, 4.69) is 65.9 Å². The quantitative estimate of drug-likeness (QED) is 0.341. The third-order valence-corrected chi connectivity index (χ3v) is 12.6. The molecule has 170 valence electrons. The van der Waals surface area contributed by atoms with Gasteiger partial charge in [-0.3, -0.25) is 0 Å².